The maximum absolute atomic E-state index is 12.2. The molecule has 0 aromatic heterocycles. The summed E-state index contributed by atoms with van der Waals surface area (Å²) >= 11 is 16.3. The predicted molar refractivity (Wildman–Crippen MR) is 101 cm³/mol. The molecule has 0 aromatic rings. The van der Waals surface area contributed by atoms with Crippen molar-refractivity contribution < 1.29 is 28.6 Å². The van der Waals surface area contributed by atoms with Crippen LogP contribution < -0.4 is 0 Å². The molecule has 0 amide bonds. The van der Waals surface area contributed by atoms with Gasteiger partial charge in [-0.15, -0.1) is 0 Å². The van der Waals surface area contributed by atoms with Gasteiger partial charge in [-0.25, -0.2) is 9.59 Å². The Labute approximate surface area is 173 Å². The Bertz CT molecular complexity index is 588. The van der Waals surface area contributed by atoms with Gasteiger partial charge in [0.15, 0.2) is 6.61 Å². The quantitative estimate of drug-likeness (QED) is 0.245. The number of hydrogen-bond donors (Lipinski definition) is 0. The fourth-order valence-corrected chi connectivity index (χ4v) is 3.45. The molecule has 0 atom stereocenters. The SMILES string of the molecule is C=C(CC(=O)OC1(C2CCCCC2)CC1)C(=O)OCC(=O)OCC(Cl)(Cl)Cl. The van der Waals surface area contributed by atoms with E-state index in [1.807, 2.05) is 0 Å². The van der Waals surface area contributed by atoms with Crippen LogP contribution in [0.3, 0.4) is 0 Å². The molecule has 0 aliphatic heterocycles. The number of esters is 3. The zero-order valence-electron chi connectivity index (χ0n) is 14.9. The molecule has 2 aliphatic carbocycles. The predicted octanol–water partition coefficient (Wildman–Crippen LogP) is 4.05. The van der Waals surface area contributed by atoms with Gasteiger partial charge in [-0.3, -0.25) is 4.79 Å². The van der Waals surface area contributed by atoms with Crippen LogP contribution in [0.1, 0.15) is 51.4 Å². The Balaban J connectivity index is 1.70. The minimum absolute atomic E-state index is 0.0892. The first-order chi connectivity index (χ1) is 12.6. The molecule has 2 fully saturated rings. The Kier molecular flexibility index (Phi) is 7.83. The van der Waals surface area contributed by atoms with Gasteiger partial charge in [0, 0.05) is 5.57 Å². The molecule has 2 rings (SSSR count). The average Bonchev–Trinajstić information content (AvgIpc) is 3.38. The second-order valence-electron chi connectivity index (χ2n) is 7.01. The summed E-state index contributed by atoms with van der Waals surface area (Å²) < 4.78 is 13.3. The number of carbonyl (C=O) groups excluding carboxylic acids is 3. The summed E-state index contributed by atoms with van der Waals surface area (Å²) in [5.74, 6) is -1.85. The summed E-state index contributed by atoms with van der Waals surface area (Å²) in [7, 11) is 0. The fraction of sp³-hybridized carbons (Fsp3) is 0.722. The first-order valence-electron chi connectivity index (χ1n) is 8.90. The summed E-state index contributed by atoms with van der Waals surface area (Å²) in [5.41, 5.74) is -0.448. The highest BCUT2D eigenvalue weighted by atomic mass is 35.6. The van der Waals surface area contributed by atoms with E-state index in [1.54, 1.807) is 0 Å². The summed E-state index contributed by atoms with van der Waals surface area (Å²) in [5, 5.41) is 0. The van der Waals surface area contributed by atoms with Gasteiger partial charge in [-0.2, -0.15) is 0 Å². The largest absolute Gasteiger partial charge is 0.459 e. The van der Waals surface area contributed by atoms with Crippen molar-refractivity contribution in [1.82, 2.24) is 0 Å². The number of rotatable bonds is 8. The molecule has 9 heteroatoms. The maximum Gasteiger partial charge on any atom is 0.344 e. The van der Waals surface area contributed by atoms with Gasteiger partial charge in [0.05, 0.1) is 6.42 Å². The Morgan fingerprint density at radius 1 is 1.00 bits per heavy atom. The molecule has 27 heavy (non-hydrogen) atoms. The van der Waals surface area contributed by atoms with E-state index in [9.17, 15) is 14.4 Å². The second-order valence-corrected chi connectivity index (χ2v) is 9.52. The van der Waals surface area contributed by atoms with Gasteiger partial charge < -0.3 is 14.2 Å². The number of ether oxygens (including phenoxy) is 3. The van der Waals surface area contributed by atoms with Crippen LogP contribution in [0.5, 0.6) is 0 Å². The van der Waals surface area contributed by atoms with Crippen LogP contribution in [0.25, 0.3) is 0 Å². The van der Waals surface area contributed by atoms with Crippen molar-refractivity contribution in [3.63, 3.8) is 0 Å². The third-order valence-electron chi connectivity index (χ3n) is 4.77. The molecule has 0 unspecified atom stereocenters. The van der Waals surface area contributed by atoms with E-state index in [0.29, 0.717) is 5.92 Å². The van der Waals surface area contributed by atoms with E-state index in [-0.39, 0.29) is 17.6 Å². The minimum Gasteiger partial charge on any atom is -0.459 e. The lowest BCUT2D eigenvalue weighted by Crippen LogP contribution is -2.31. The number of hydrogen-bond acceptors (Lipinski definition) is 6. The van der Waals surface area contributed by atoms with E-state index in [1.165, 1.54) is 6.42 Å². The van der Waals surface area contributed by atoms with Gasteiger partial charge in [-0.1, -0.05) is 60.6 Å². The number of halogens is 3. The molecular weight excluding hydrogens is 419 g/mol. The topological polar surface area (TPSA) is 78.9 Å². The molecule has 2 saturated carbocycles. The summed E-state index contributed by atoms with van der Waals surface area (Å²) in [4.78, 5) is 35.4. The van der Waals surface area contributed by atoms with Gasteiger partial charge in [-0.05, 0) is 31.6 Å². The molecule has 0 aromatic carbocycles. The molecule has 6 nitrogen and oxygen atoms in total. The third kappa shape index (κ3) is 7.51. The van der Waals surface area contributed by atoms with Crippen LogP contribution in [0, 0.1) is 5.92 Å². The van der Waals surface area contributed by atoms with E-state index in [4.69, 9.17) is 44.3 Å². The summed E-state index contributed by atoms with van der Waals surface area (Å²) in [6.07, 6.45) is 7.17. The van der Waals surface area contributed by atoms with Crippen LogP contribution in [0.2, 0.25) is 0 Å². The van der Waals surface area contributed by atoms with E-state index >= 15 is 0 Å². The van der Waals surface area contributed by atoms with Crippen molar-refractivity contribution in [2.75, 3.05) is 13.2 Å². The lowest BCUT2D eigenvalue weighted by Gasteiger charge is -2.30. The Hall–Kier alpha value is -0.980. The molecule has 0 saturated heterocycles. The van der Waals surface area contributed by atoms with Crippen molar-refractivity contribution in [3.8, 4) is 0 Å². The molecule has 0 radical (unpaired) electrons. The highest BCUT2D eigenvalue weighted by molar-refractivity contribution is 6.67. The van der Waals surface area contributed by atoms with Crippen molar-refractivity contribution >= 4 is 52.7 Å². The third-order valence-corrected chi connectivity index (χ3v) is 5.10. The molecular formula is C18H23Cl3O6. The van der Waals surface area contributed by atoms with Gasteiger partial charge in [0.2, 0.25) is 3.79 Å². The number of carbonyl (C=O) groups is 3. The van der Waals surface area contributed by atoms with Crippen molar-refractivity contribution in [3.05, 3.63) is 12.2 Å². The minimum atomic E-state index is -1.75. The maximum atomic E-state index is 12.2. The Morgan fingerprint density at radius 3 is 2.19 bits per heavy atom. The van der Waals surface area contributed by atoms with Crippen molar-refractivity contribution in [2.24, 2.45) is 5.92 Å². The average molecular weight is 442 g/mol. The van der Waals surface area contributed by atoms with E-state index in [0.717, 1.165) is 38.5 Å². The van der Waals surface area contributed by atoms with E-state index in [2.05, 4.69) is 11.3 Å². The first kappa shape index (κ1) is 22.3. The highest BCUT2D eigenvalue weighted by Gasteiger charge is 2.52. The zero-order chi connectivity index (χ0) is 20.1. The van der Waals surface area contributed by atoms with Gasteiger partial charge in [0.1, 0.15) is 12.2 Å². The molecule has 0 heterocycles. The van der Waals surface area contributed by atoms with Crippen LogP contribution in [0.15, 0.2) is 12.2 Å². The summed E-state index contributed by atoms with van der Waals surface area (Å²) in [6.45, 7) is 2.40. The van der Waals surface area contributed by atoms with Crippen LogP contribution in [0.4, 0.5) is 0 Å². The lowest BCUT2D eigenvalue weighted by molar-refractivity contribution is -0.158. The van der Waals surface area contributed by atoms with Crippen molar-refractivity contribution in [1.29, 1.82) is 0 Å². The first-order valence-corrected chi connectivity index (χ1v) is 10.0. The van der Waals surface area contributed by atoms with Gasteiger partial charge >= 0.3 is 17.9 Å². The number of alkyl halides is 3. The fourth-order valence-electron chi connectivity index (χ4n) is 3.29. The smallest absolute Gasteiger partial charge is 0.344 e. The van der Waals surface area contributed by atoms with Crippen molar-refractivity contribution in [2.45, 2.75) is 60.8 Å². The van der Waals surface area contributed by atoms with Gasteiger partial charge in [0.25, 0.3) is 0 Å². The Morgan fingerprint density at radius 2 is 1.63 bits per heavy atom. The van der Waals surface area contributed by atoms with Crippen LogP contribution in [-0.2, 0) is 28.6 Å². The molecule has 0 bridgehead atoms. The zero-order valence-corrected chi connectivity index (χ0v) is 17.2. The van der Waals surface area contributed by atoms with E-state index < -0.39 is 34.9 Å². The normalized spacial score (nSPS) is 19.1. The van der Waals surface area contributed by atoms with Crippen LogP contribution in [-0.4, -0.2) is 40.5 Å². The highest BCUT2D eigenvalue weighted by Crippen LogP contribution is 2.51. The molecule has 0 N–H and O–H groups in total. The summed E-state index contributed by atoms with van der Waals surface area (Å²) in [6, 6.07) is 0. The van der Waals surface area contributed by atoms with Crippen LogP contribution >= 0.6 is 34.8 Å². The molecule has 2 aliphatic rings. The molecule has 152 valence electrons. The standard InChI is InChI=1S/C18H23Cl3O6/c1-12(16(24)25-10-15(23)26-11-18(19,20)21)9-14(22)27-17(7-8-17)13-5-3-2-4-6-13/h13H,1-11H2. The monoisotopic (exact) mass is 440 g/mol. The lowest BCUT2D eigenvalue weighted by atomic mass is 9.83. The second kappa shape index (κ2) is 9.48. The molecule has 0 spiro atoms.